The lowest BCUT2D eigenvalue weighted by atomic mass is 9.87. The minimum atomic E-state index is 0.385. The van der Waals surface area contributed by atoms with Crippen molar-refractivity contribution in [3.8, 4) is 0 Å². The number of thiazole rings is 1. The highest BCUT2D eigenvalue weighted by molar-refractivity contribution is 7.11. The molecule has 1 spiro atoms. The number of hydrogen-bond donors (Lipinski definition) is 1. The number of aliphatic imine (C=N–C) groups is 1. The molecule has 26 heavy (non-hydrogen) atoms. The molecule has 5 nitrogen and oxygen atoms in total. The number of fused-ring (bicyclic) bond motifs is 1. The molecule has 1 N–H and O–H groups in total. The topological polar surface area (TPSA) is 49.8 Å². The summed E-state index contributed by atoms with van der Waals surface area (Å²) in [6, 6.07) is 0. The molecule has 2 aliphatic heterocycles. The third-order valence-electron chi connectivity index (χ3n) is 5.96. The summed E-state index contributed by atoms with van der Waals surface area (Å²) in [4.78, 5) is 13.8. The van der Waals surface area contributed by atoms with E-state index in [1.54, 1.807) is 4.88 Å². The van der Waals surface area contributed by atoms with Gasteiger partial charge in [0.1, 0.15) is 0 Å². The summed E-state index contributed by atoms with van der Waals surface area (Å²) in [6.45, 7) is 8.02. The lowest BCUT2D eigenvalue weighted by Gasteiger charge is -2.24. The predicted molar refractivity (Wildman–Crippen MR) is 107 cm³/mol. The zero-order chi connectivity index (χ0) is 17.8. The second-order valence-electron chi connectivity index (χ2n) is 8.00. The molecular weight excluding hydrogens is 344 g/mol. The summed E-state index contributed by atoms with van der Waals surface area (Å²) in [5.41, 5.74) is 1.77. The van der Waals surface area contributed by atoms with Gasteiger partial charge in [0.25, 0.3) is 0 Å². The molecule has 1 atom stereocenters. The molecule has 0 bridgehead atoms. The van der Waals surface area contributed by atoms with Crippen LogP contribution in [0.25, 0.3) is 0 Å². The Hall–Kier alpha value is -1.14. The molecule has 1 aromatic rings. The van der Waals surface area contributed by atoms with Gasteiger partial charge in [-0.3, -0.25) is 4.99 Å². The largest absolute Gasteiger partial charge is 0.381 e. The number of ether oxygens (including phenoxy) is 1. The maximum atomic E-state index is 5.66. The monoisotopic (exact) mass is 376 g/mol. The summed E-state index contributed by atoms with van der Waals surface area (Å²) in [5.74, 6) is 1.09. The van der Waals surface area contributed by atoms with Crippen molar-refractivity contribution in [2.75, 3.05) is 39.4 Å². The van der Waals surface area contributed by atoms with Crippen molar-refractivity contribution in [1.29, 1.82) is 0 Å². The Kier molecular flexibility index (Phi) is 5.79. The number of likely N-dealkylation sites (tertiary alicyclic amines) is 1. The van der Waals surface area contributed by atoms with Crippen LogP contribution in [-0.2, 0) is 24.0 Å². The van der Waals surface area contributed by atoms with E-state index < -0.39 is 0 Å². The highest BCUT2D eigenvalue weighted by Crippen LogP contribution is 2.38. The van der Waals surface area contributed by atoms with Gasteiger partial charge in [0.05, 0.1) is 17.3 Å². The van der Waals surface area contributed by atoms with Crippen LogP contribution in [0.15, 0.2) is 4.99 Å². The molecule has 0 saturated carbocycles. The molecule has 1 unspecified atom stereocenters. The number of aromatic nitrogens is 1. The first-order valence-corrected chi connectivity index (χ1v) is 11.2. The number of aryl methyl sites for hydroxylation is 3. The molecule has 144 valence electrons. The minimum Gasteiger partial charge on any atom is -0.381 e. The number of nitrogens with zero attached hydrogens (tertiary/aromatic N) is 3. The quantitative estimate of drug-likeness (QED) is 0.487. The van der Waals surface area contributed by atoms with Gasteiger partial charge < -0.3 is 15.0 Å². The maximum Gasteiger partial charge on any atom is 0.193 e. The summed E-state index contributed by atoms with van der Waals surface area (Å²) in [7, 11) is 0. The Bertz CT molecular complexity index is 612. The van der Waals surface area contributed by atoms with Gasteiger partial charge in [-0.05, 0) is 51.9 Å². The van der Waals surface area contributed by atoms with Crippen LogP contribution in [0.4, 0.5) is 0 Å². The third-order valence-corrected chi connectivity index (χ3v) is 7.18. The fourth-order valence-electron chi connectivity index (χ4n) is 4.44. The van der Waals surface area contributed by atoms with E-state index in [4.69, 9.17) is 14.7 Å². The highest BCUT2D eigenvalue weighted by atomic mass is 32.1. The summed E-state index contributed by atoms with van der Waals surface area (Å²) >= 11 is 1.94. The standard InChI is InChI=1S/C20H32N4OS/c1-2-21-19(24-12-9-20(14-24)10-13-25-15-20)22-11-5-8-18-23-16-6-3-4-7-17(16)26-18/h2-15H2,1H3,(H,21,22). The van der Waals surface area contributed by atoms with Crippen molar-refractivity contribution in [3.63, 3.8) is 0 Å². The van der Waals surface area contributed by atoms with Crippen molar-refractivity contribution in [1.82, 2.24) is 15.2 Å². The average molecular weight is 377 g/mol. The lowest BCUT2D eigenvalue weighted by Crippen LogP contribution is -2.41. The summed E-state index contributed by atoms with van der Waals surface area (Å²) < 4.78 is 5.66. The number of nitrogens with one attached hydrogen (secondary N) is 1. The van der Waals surface area contributed by atoms with Gasteiger partial charge in [0.2, 0.25) is 0 Å². The highest BCUT2D eigenvalue weighted by Gasteiger charge is 2.42. The first-order valence-electron chi connectivity index (χ1n) is 10.4. The van der Waals surface area contributed by atoms with E-state index >= 15 is 0 Å². The van der Waals surface area contributed by atoms with Gasteiger partial charge in [-0.2, -0.15) is 0 Å². The number of rotatable bonds is 5. The Morgan fingerprint density at radius 2 is 2.27 bits per heavy atom. The minimum absolute atomic E-state index is 0.385. The molecule has 3 heterocycles. The second-order valence-corrected chi connectivity index (χ2v) is 9.17. The number of hydrogen-bond acceptors (Lipinski definition) is 4. The molecule has 4 rings (SSSR count). The van der Waals surface area contributed by atoms with E-state index in [9.17, 15) is 0 Å². The van der Waals surface area contributed by atoms with Crippen LogP contribution in [0.3, 0.4) is 0 Å². The fourth-order valence-corrected chi connectivity index (χ4v) is 5.64. The lowest BCUT2D eigenvalue weighted by molar-refractivity contribution is 0.156. The zero-order valence-electron chi connectivity index (χ0n) is 16.1. The van der Waals surface area contributed by atoms with Gasteiger partial charge in [-0.25, -0.2) is 4.98 Å². The van der Waals surface area contributed by atoms with Crippen LogP contribution < -0.4 is 5.32 Å². The molecule has 6 heteroatoms. The van der Waals surface area contributed by atoms with Gasteiger partial charge in [0.15, 0.2) is 5.96 Å². The molecule has 2 saturated heterocycles. The third kappa shape index (κ3) is 4.06. The second kappa shape index (κ2) is 8.26. The van der Waals surface area contributed by atoms with Crippen molar-refractivity contribution in [3.05, 3.63) is 15.6 Å². The van der Waals surface area contributed by atoms with E-state index in [0.29, 0.717) is 5.41 Å². The average Bonchev–Trinajstić information content (AvgIpc) is 3.38. The Balaban J connectivity index is 1.29. The van der Waals surface area contributed by atoms with E-state index in [1.165, 1.54) is 49.2 Å². The summed E-state index contributed by atoms with van der Waals surface area (Å²) in [6.07, 6.45) is 9.69. The van der Waals surface area contributed by atoms with Gasteiger partial charge in [-0.15, -0.1) is 11.3 Å². The van der Waals surface area contributed by atoms with E-state index in [2.05, 4.69) is 17.1 Å². The molecule has 1 aliphatic carbocycles. The van der Waals surface area contributed by atoms with Crippen molar-refractivity contribution >= 4 is 17.3 Å². The van der Waals surface area contributed by atoms with Crippen LogP contribution in [0, 0.1) is 5.41 Å². The first kappa shape index (κ1) is 18.2. The summed E-state index contributed by atoms with van der Waals surface area (Å²) in [5, 5.41) is 4.81. The molecular formula is C20H32N4OS. The van der Waals surface area contributed by atoms with Gasteiger partial charge in [0, 0.05) is 49.5 Å². The molecule has 3 aliphatic rings. The molecule has 1 aromatic heterocycles. The Labute approximate surface area is 161 Å². The van der Waals surface area contributed by atoms with Crippen LogP contribution in [0.2, 0.25) is 0 Å². The first-order chi connectivity index (χ1) is 12.8. The zero-order valence-corrected chi connectivity index (χ0v) is 16.9. The smallest absolute Gasteiger partial charge is 0.193 e. The van der Waals surface area contributed by atoms with E-state index in [-0.39, 0.29) is 0 Å². The predicted octanol–water partition coefficient (Wildman–Crippen LogP) is 3.03. The van der Waals surface area contributed by atoms with Crippen LogP contribution >= 0.6 is 11.3 Å². The fraction of sp³-hybridized carbons (Fsp3) is 0.800. The Morgan fingerprint density at radius 3 is 3.08 bits per heavy atom. The number of guanidine groups is 1. The van der Waals surface area contributed by atoms with Gasteiger partial charge in [-0.1, -0.05) is 0 Å². The van der Waals surface area contributed by atoms with Crippen LogP contribution in [0.1, 0.15) is 54.6 Å². The van der Waals surface area contributed by atoms with Crippen molar-refractivity contribution < 1.29 is 4.74 Å². The van der Waals surface area contributed by atoms with E-state index in [0.717, 1.165) is 58.2 Å². The van der Waals surface area contributed by atoms with Gasteiger partial charge >= 0.3 is 0 Å². The van der Waals surface area contributed by atoms with Crippen LogP contribution in [0.5, 0.6) is 0 Å². The molecule has 2 fully saturated rings. The Morgan fingerprint density at radius 1 is 1.35 bits per heavy atom. The normalized spacial score (nSPS) is 25.9. The van der Waals surface area contributed by atoms with E-state index in [1.807, 2.05) is 11.3 Å². The van der Waals surface area contributed by atoms with Crippen LogP contribution in [-0.4, -0.2) is 55.2 Å². The molecule has 0 amide bonds. The molecule has 0 radical (unpaired) electrons. The van der Waals surface area contributed by atoms with Crippen molar-refractivity contribution in [2.24, 2.45) is 10.4 Å². The SMILES string of the molecule is CCNC(=NCCCc1nc2c(s1)CCCC2)N1CCC2(CCOC2)C1. The maximum absolute atomic E-state index is 5.66. The molecule has 0 aromatic carbocycles. The van der Waals surface area contributed by atoms with Crippen molar-refractivity contribution in [2.45, 2.75) is 58.3 Å².